The van der Waals surface area contributed by atoms with E-state index in [4.69, 9.17) is 24.0 Å². The largest absolute Gasteiger partial charge is 0.480 e. The first-order valence-corrected chi connectivity index (χ1v) is 15.1. The summed E-state index contributed by atoms with van der Waals surface area (Å²) in [4.78, 5) is 60.4. The zero-order valence-corrected chi connectivity index (χ0v) is 24.8. The van der Waals surface area contributed by atoms with E-state index in [1.54, 1.807) is 6.92 Å². The third kappa shape index (κ3) is 6.71. The maximum Gasteiger partial charge on any atom is 0.326 e. The number of fused-ring (bicyclic) bond motifs is 2. The predicted molar refractivity (Wildman–Crippen MR) is 143 cm³/mol. The summed E-state index contributed by atoms with van der Waals surface area (Å²) < 4.78 is 18.3. The van der Waals surface area contributed by atoms with Crippen LogP contribution >= 0.6 is 0 Å². The van der Waals surface area contributed by atoms with Gasteiger partial charge in [0.2, 0.25) is 23.9 Å². The van der Waals surface area contributed by atoms with Crippen LogP contribution in [0.5, 0.6) is 0 Å². The number of aliphatic carboxylic acids is 1. The van der Waals surface area contributed by atoms with Crippen LogP contribution in [0.25, 0.3) is 0 Å². The van der Waals surface area contributed by atoms with Crippen LogP contribution in [0.3, 0.4) is 0 Å². The molecule has 5 aliphatic rings. The Labute approximate surface area is 241 Å². The average Bonchev–Trinajstić information content (AvgIpc) is 3.16. The van der Waals surface area contributed by atoms with Crippen molar-refractivity contribution >= 4 is 23.8 Å². The molecule has 1 spiro atoms. The first-order valence-electron chi connectivity index (χ1n) is 15.1. The maximum atomic E-state index is 12.7. The summed E-state index contributed by atoms with van der Waals surface area (Å²) in [7, 11) is 0. The number of carbonyl (C=O) groups excluding carboxylic acids is 3. The Morgan fingerprint density at radius 3 is 2.49 bits per heavy atom. The summed E-state index contributed by atoms with van der Waals surface area (Å²) >= 11 is 0. The second-order valence-corrected chi connectivity index (χ2v) is 12.5. The van der Waals surface area contributed by atoms with Gasteiger partial charge in [0.05, 0.1) is 6.42 Å². The lowest BCUT2D eigenvalue weighted by molar-refractivity contribution is -0.576. The third-order valence-corrected chi connectivity index (χ3v) is 9.60. The van der Waals surface area contributed by atoms with Gasteiger partial charge in [-0.15, -0.1) is 0 Å². The molecule has 0 unspecified atom stereocenters. The molecule has 4 saturated heterocycles. The molecule has 12 nitrogen and oxygen atoms in total. The zero-order chi connectivity index (χ0) is 29.9. The maximum absolute atomic E-state index is 12.7. The smallest absolute Gasteiger partial charge is 0.326 e. The summed E-state index contributed by atoms with van der Waals surface area (Å²) in [5.74, 6) is -2.93. The van der Waals surface area contributed by atoms with Crippen molar-refractivity contribution in [2.24, 2.45) is 29.6 Å². The predicted octanol–water partition coefficient (Wildman–Crippen LogP) is 3.03. The number of carbonyl (C=O) groups is 4. The van der Waals surface area contributed by atoms with Gasteiger partial charge in [-0.25, -0.2) is 14.6 Å². The number of rotatable bonds is 12. The van der Waals surface area contributed by atoms with Crippen LogP contribution in [0.1, 0.15) is 92.4 Å². The first kappa shape index (κ1) is 31.7. The second kappa shape index (κ2) is 12.9. The van der Waals surface area contributed by atoms with Crippen molar-refractivity contribution in [1.29, 1.82) is 0 Å². The van der Waals surface area contributed by atoms with E-state index in [-0.39, 0.29) is 61.3 Å². The van der Waals surface area contributed by atoms with E-state index in [9.17, 15) is 24.3 Å². The topological polar surface area (TPSA) is 159 Å². The monoisotopic (exact) mass is 582 g/mol. The van der Waals surface area contributed by atoms with Crippen molar-refractivity contribution in [2.45, 2.75) is 122 Å². The van der Waals surface area contributed by atoms with E-state index in [2.05, 4.69) is 17.6 Å². The molecule has 12 heteroatoms. The Hall–Kier alpha value is -2.28. The van der Waals surface area contributed by atoms with Crippen LogP contribution in [0.2, 0.25) is 0 Å². The number of ether oxygens (including phenoxy) is 3. The van der Waals surface area contributed by atoms with Gasteiger partial charge in [-0.3, -0.25) is 14.4 Å². The molecule has 2 bridgehead atoms. The number of esters is 1. The third-order valence-electron chi connectivity index (χ3n) is 9.60. The van der Waals surface area contributed by atoms with Gasteiger partial charge in [-0.1, -0.05) is 34.1 Å². The lowest BCUT2D eigenvalue weighted by Crippen LogP contribution is -2.70. The van der Waals surface area contributed by atoms with Gasteiger partial charge in [0.15, 0.2) is 11.9 Å². The highest BCUT2D eigenvalue weighted by Crippen LogP contribution is 2.60. The van der Waals surface area contributed by atoms with Crippen LogP contribution in [0, 0.1) is 29.6 Å². The zero-order valence-electron chi connectivity index (χ0n) is 24.8. The lowest BCUT2D eigenvalue weighted by atomic mass is 9.58. The van der Waals surface area contributed by atoms with E-state index >= 15 is 0 Å². The number of hydrogen-bond donors (Lipinski definition) is 3. The average molecular weight is 583 g/mol. The fourth-order valence-electron chi connectivity index (χ4n) is 6.90. The van der Waals surface area contributed by atoms with E-state index in [0.29, 0.717) is 25.2 Å². The summed E-state index contributed by atoms with van der Waals surface area (Å²) in [5, 5.41) is 14.5. The number of hydrogen-bond acceptors (Lipinski definition) is 9. The minimum atomic E-state index is -1.07. The van der Waals surface area contributed by atoms with E-state index in [1.165, 1.54) is 0 Å². The molecule has 232 valence electrons. The van der Waals surface area contributed by atoms with E-state index in [0.717, 1.165) is 19.3 Å². The second-order valence-electron chi connectivity index (χ2n) is 12.5. The van der Waals surface area contributed by atoms with Gasteiger partial charge in [0, 0.05) is 37.6 Å². The normalized spacial score (nSPS) is 37.2. The first-order chi connectivity index (χ1) is 19.4. The Bertz CT molecular complexity index is 993. The Balaban J connectivity index is 1.21. The molecule has 2 amide bonds. The van der Waals surface area contributed by atoms with Gasteiger partial charge in [-0.05, 0) is 50.4 Å². The Morgan fingerprint density at radius 2 is 1.78 bits per heavy atom. The minimum Gasteiger partial charge on any atom is -0.480 e. The van der Waals surface area contributed by atoms with Crippen molar-refractivity contribution in [3.05, 3.63) is 0 Å². The quantitative estimate of drug-likeness (QED) is 0.177. The molecule has 5 rings (SSSR count). The van der Waals surface area contributed by atoms with Gasteiger partial charge >= 0.3 is 11.9 Å². The molecule has 0 aromatic heterocycles. The Kier molecular flexibility index (Phi) is 9.98. The van der Waals surface area contributed by atoms with Crippen molar-refractivity contribution in [2.75, 3.05) is 6.54 Å². The summed E-state index contributed by atoms with van der Waals surface area (Å²) in [5.41, 5.74) is -0.741. The molecule has 0 aromatic carbocycles. The van der Waals surface area contributed by atoms with Gasteiger partial charge in [0.1, 0.15) is 6.04 Å². The minimum absolute atomic E-state index is 0.0272. The van der Waals surface area contributed by atoms with Crippen molar-refractivity contribution in [3.8, 4) is 0 Å². The van der Waals surface area contributed by atoms with Crippen molar-refractivity contribution in [3.63, 3.8) is 0 Å². The SMILES string of the molecule is CC[C@@H](C)[C@@H](NC(=O)CCCNC(=O)CCC(=O)O[C@H]1O[C@H]2O[C@@]3(C)CC[C@H]4[C@H](C)CC[C@@H]([C@H]1C)[C@]24OO3)C(=O)O. The fourth-order valence-corrected chi connectivity index (χ4v) is 6.90. The van der Waals surface area contributed by atoms with E-state index in [1.807, 2.05) is 20.8 Å². The summed E-state index contributed by atoms with van der Waals surface area (Å²) in [6.45, 7) is 9.93. The fraction of sp³-hybridized carbons (Fsp3) is 0.862. The Morgan fingerprint density at radius 1 is 1.02 bits per heavy atom. The molecule has 3 N–H and O–H groups in total. The van der Waals surface area contributed by atoms with Crippen LogP contribution in [-0.4, -0.2) is 65.4 Å². The van der Waals surface area contributed by atoms with Crippen LogP contribution in [-0.2, 0) is 43.2 Å². The molecular weight excluding hydrogens is 536 g/mol. The van der Waals surface area contributed by atoms with Crippen LogP contribution < -0.4 is 10.6 Å². The number of amides is 2. The van der Waals surface area contributed by atoms with Gasteiger partial charge in [0.25, 0.3) is 0 Å². The molecule has 5 fully saturated rings. The molecule has 1 saturated carbocycles. The molecular formula is C29H46N2O10. The number of carboxylic acid groups (broad SMARTS) is 1. The number of nitrogens with one attached hydrogen (secondary N) is 2. The molecule has 10 atom stereocenters. The highest BCUT2D eigenvalue weighted by molar-refractivity contribution is 5.84. The number of carboxylic acids is 1. The van der Waals surface area contributed by atoms with Gasteiger partial charge < -0.3 is 30.0 Å². The molecule has 0 radical (unpaired) electrons. The highest BCUT2D eigenvalue weighted by atomic mass is 17.3. The molecule has 0 aromatic rings. The lowest BCUT2D eigenvalue weighted by Gasteiger charge is -2.59. The molecule has 1 aliphatic carbocycles. The van der Waals surface area contributed by atoms with Crippen molar-refractivity contribution in [1.82, 2.24) is 10.6 Å². The van der Waals surface area contributed by atoms with Crippen LogP contribution in [0.15, 0.2) is 0 Å². The molecule has 4 heterocycles. The molecule has 41 heavy (non-hydrogen) atoms. The summed E-state index contributed by atoms with van der Waals surface area (Å²) in [6.07, 6.45) is 2.84. The van der Waals surface area contributed by atoms with Gasteiger partial charge in [-0.2, -0.15) is 0 Å². The highest BCUT2D eigenvalue weighted by Gasteiger charge is 2.69. The standard InChI is InChI=1S/C29H46N2O10/c1-6-16(2)24(25(35)36)31-22(33)8-7-15-30-21(32)11-12-23(34)37-26-18(4)20-10-9-17(3)19-13-14-28(5)39-27(38-26)29(19,20)41-40-28/h16-20,24,26-27H,6-15H2,1-5H3,(H,30,32)(H,31,33)(H,35,36)/t16-,17-,18-,19+,20+,24-,26+,27+,28-,29+/m1/s1. The van der Waals surface area contributed by atoms with E-state index < -0.39 is 41.9 Å². The van der Waals surface area contributed by atoms with Crippen LogP contribution in [0.4, 0.5) is 0 Å². The molecule has 4 aliphatic heterocycles. The van der Waals surface area contributed by atoms with Crippen molar-refractivity contribution < 1.29 is 48.3 Å². The summed E-state index contributed by atoms with van der Waals surface area (Å²) in [6, 6.07) is -0.939.